The molecule has 0 bridgehead atoms. The van der Waals surface area contributed by atoms with Crippen molar-refractivity contribution >= 4 is 53.7 Å². The quantitative estimate of drug-likeness (QED) is 0.158. The summed E-state index contributed by atoms with van der Waals surface area (Å²) in [5.74, 6) is 0. The van der Waals surface area contributed by atoms with Crippen LogP contribution in [0.2, 0.25) is 0 Å². The van der Waals surface area contributed by atoms with Crippen LogP contribution in [0.3, 0.4) is 0 Å². The summed E-state index contributed by atoms with van der Waals surface area (Å²) in [7, 11) is 0. The van der Waals surface area contributed by atoms with Crippen molar-refractivity contribution in [3.63, 3.8) is 0 Å². The zero-order valence-corrected chi connectivity index (χ0v) is 30.5. The van der Waals surface area contributed by atoms with Gasteiger partial charge >= 0.3 is 0 Å². The number of aryl methyl sites for hydroxylation is 2. The Morgan fingerprint density at radius 3 is 1.38 bits per heavy atom. The molecule has 0 unspecified atom stereocenters. The fraction of sp³-hybridized carbons (Fsp3) is 0.0385. The van der Waals surface area contributed by atoms with Gasteiger partial charge in [-0.15, -0.1) is 11.3 Å². The fourth-order valence-electron chi connectivity index (χ4n) is 8.12. The maximum absolute atomic E-state index is 2.43. The summed E-state index contributed by atoms with van der Waals surface area (Å²) in [6.07, 6.45) is 0. The van der Waals surface area contributed by atoms with Gasteiger partial charge in [0.1, 0.15) is 0 Å². The summed E-state index contributed by atoms with van der Waals surface area (Å²) in [6.45, 7) is 4.31. The monoisotopic (exact) mass is 692 g/mol. The lowest BCUT2D eigenvalue weighted by molar-refractivity contribution is 1.47. The number of fused-ring (bicyclic) bond motifs is 4. The standard InChI is InChI=1S/C52H36S/c1-33-15-19-38(20-16-33)51-47-30-29-42(32-48(47)53-52(51)39-21-17-34(2)18-22-39)50-45-13-7-5-11-43(45)49(44-12-6-8-14-46(44)50)37-26-23-36(24-27-37)41-28-25-35-9-3-4-10-40(35)31-41/h3-32H,1-2H3. The Morgan fingerprint density at radius 2 is 0.755 bits per heavy atom. The van der Waals surface area contributed by atoms with Crippen molar-refractivity contribution in [1.29, 1.82) is 0 Å². The van der Waals surface area contributed by atoms with E-state index in [4.69, 9.17) is 0 Å². The zero-order valence-electron chi connectivity index (χ0n) is 29.7. The molecule has 0 amide bonds. The molecule has 10 rings (SSSR count). The number of hydrogen-bond acceptors (Lipinski definition) is 1. The predicted octanol–water partition coefficient (Wildman–Crippen LogP) is 15.3. The number of thiophene rings is 1. The Kier molecular flexibility index (Phi) is 7.56. The highest BCUT2D eigenvalue weighted by atomic mass is 32.1. The second-order valence-corrected chi connectivity index (χ2v) is 15.3. The van der Waals surface area contributed by atoms with Gasteiger partial charge in [-0.1, -0.05) is 181 Å². The summed E-state index contributed by atoms with van der Waals surface area (Å²) < 4.78 is 1.30. The van der Waals surface area contributed by atoms with E-state index in [1.54, 1.807) is 0 Å². The molecule has 0 radical (unpaired) electrons. The minimum atomic E-state index is 1.23. The first kappa shape index (κ1) is 31.5. The maximum Gasteiger partial charge on any atom is 0.0433 e. The summed E-state index contributed by atoms with van der Waals surface area (Å²) in [5, 5.41) is 8.91. The fourth-order valence-corrected chi connectivity index (χ4v) is 9.39. The first-order valence-electron chi connectivity index (χ1n) is 18.3. The molecule has 1 heterocycles. The highest BCUT2D eigenvalue weighted by Crippen LogP contribution is 2.48. The van der Waals surface area contributed by atoms with Crippen molar-refractivity contribution in [1.82, 2.24) is 0 Å². The molecule has 0 aliphatic heterocycles. The van der Waals surface area contributed by atoms with Crippen LogP contribution in [0.25, 0.3) is 97.4 Å². The SMILES string of the molecule is Cc1ccc(-c2sc3cc(-c4c5ccccc5c(-c5ccc(-c6ccc7ccccc7c6)cc5)c5ccccc45)ccc3c2-c2ccc(C)cc2)cc1. The lowest BCUT2D eigenvalue weighted by atomic mass is 9.85. The molecule has 0 fully saturated rings. The van der Waals surface area contributed by atoms with Gasteiger partial charge in [-0.05, 0) is 103 Å². The molecule has 0 N–H and O–H groups in total. The van der Waals surface area contributed by atoms with Gasteiger partial charge in [-0.2, -0.15) is 0 Å². The summed E-state index contributed by atoms with van der Waals surface area (Å²) in [4.78, 5) is 1.32. The predicted molar refractivity (Wildman–Crippen MR) is 231 cm³/mol. The zero-order chi connectivity index (χ0) is 35.5. The van der Waals surface area contributed by atoms with Crippen molar-refractivity contribution in [2.75, 3.05) is 0 Å². The van der Waals surface area contributed by atoms with E-state index < -0.39 is 0 Å². The molecule has 1 heteroatoms. The van der Waals surface area contributed by atoms with Crippen LogP contribution in [0.1, 0.15) is 11.1 Å². The number of rotatable bonds is 5. The van der Waals surface area contributed by atoms with Gasteiger partial charge in [-0.3, -0.25) is 0 Å². The van der Waals surface area contributed by atoms with Gasteiger partial charge in [0.05, 0.1) is 0 Å². The molecule has 250 valence electrons. The van der Waals surface area contributed by atoms with Gasteiger partial charge in [0, 0.05) is 20.5 Å². The van der Waals surface area contributed by atoms with Gasteiger partial charge in [-0.25, -0.2) is 0 Å². The lowest BCUT2D eigenvalue weighted by Crippen LogP contribution is -1.91. The Balaban J connectivity index is 1.15. The summed E-state index contributed by atoms with van der Waals surface area (Å²) in [6, 6.07) is 67.5. The molecule has 0 atom stereocenters. The normalized spacial score (nSPS) is 11.6. The van der Waals surface area contributed by atoms with E-state index in [2.05, 4.69) is 196 Å². The smallest absolute Gasteiger partial charge is 0.0433 e. The van der Waals surface area contributed by atoms with Crippen LogP contribution < -0.4 is 0 Å². The van der Waals surface area contributed by atoms with Gasteiger partial charge in [0.25, 0.3) is 0 Å². The molecule has 0 nitrogen and oxygen atoms in total. The maximum atomic E-state index is 2.43. The first-order valence-corrected chi connectivity index (χ1v) is 19.1. The van der Waals surface area contributed by atoms with Crippen LogP contribution in [-0.2, 0) is 0 Å². The highest BCUT2D eigenvalue weighted by Gasteiger charge is 2.20. The van der Waals surface area contributed by atoms with Crippen molar-refractivity contribution in [3.8, 4) is 54.9 Å². The minimum Gasteiger partial charge on any atom is -0.135 e. The molecule has 53 heavy (non-hydrogen) atoms. The van der Waals surface area contributed by atoms with Crippen molar-refractivity contribution in [2.24, 2.45) is 0 Å². The van der Waals surface area contributed by atoms with Crippen molar-refractivity contribution in [2.45, 2.75) is 13.8 Å². The Hall–Kier alpha value is -6.28. The number of benzene rings is 9. The van der Waals surface area contributed by atoms with E-state index in [0.29, 0.717) is 0 Å². The van der Waals surface area contributed by atoms with Crippen LogP contribution in [0.5, 0.6) is 0 Å². The third-order valence-corrected chi connectivity index (χ3v) is 12.0. The molecule has 0 saturated heterocycles. The number of hydrogen-bond donors (Lipinski definition) is 0. The van der Waals surface area contributed by atoms with Crippen LogP contribution in [-0.4, -0.2) is 0 Å². The molecule has 9 aromatic carbocycles. The Labute approximate surface area is 314 Å². The minimum absolute atomic E-state index is 1.23. The van der Waals surface area contributed by atoms with E-state index >= 15 is 0 Å². The lowest BCUT2D eigenvalue weighted by Gasteiger charge is -2.18. The first-order chi connectivity index (χ1) is 26.1. The van der Waals surface area contributed by atoms with E-state index in [9.17, 15) is 0 Å². The van der Waals surface area contributed by atoms with E-state index in [1.165, 1.54) is 108 Å². The molecule has 0 aliphatic rings. The van der Waals surface area contributed by atoms with Crippen LogP contribution >= 0.6 is 11.3 Å². The van der Waals surface area contributed by atoms with E-state index in [-0.39, 0.29) is 0 Å². The summed E-state index contributed by atoms with van der Waals surface area (Å²) in [5.41, 5.74) is 13.9. The Morgan fingerprint density at radius 1 is 0.302 bits per heavy atom. The molecule has 0 saturated carbocycles. The van der Waals surface area contributed by atoms with Gasteiger partial charge in [0.15, 0.2) is 0 Å². The van der Waals surface area contributed by atoms with Gasteiger partial charge in [0.2, 0.25) is 0 Å². The van der Waals surface area contributed by atoms with Crippen molar-refractivity contribution < 1.29 is 0 Å². The molecule has 0 aliphatic carbocycles. The van der Waals surface area contributed by atoms with Crippen LogP contribution in [0.4, 0.5) is 0 Å². The average molecular weight is 693 g/mol. The van der Waals surface area contributed by atoms with E-state index in [0.717, 1.165) is 0 Å². The molecule has 10 aromatic rings. The molecule has 1 aromatic heterocycles. The van der Waals surface area contributed by atoms with Crippen molar-refractivity contribution in [3.05, 3.63) is 193 Å². The van der Waals surface area contributed by atoms with Crippen LogP contribution in [0, 0.1) is 13.8 Å². The molecular formula is C52H36S. The summed E-state index contributed by atoms with van der Waals surface area (Å²) >= 11 is 1.90. The third kappa shape index (κ3) is 5.44. The second-order valence-electron chi connectivity index (χ2n) is 14.2. The van der Waals surface area contributed by atoms with Crippen LogP contribution in [0.15, 0.2) is 182 Å². The molecule has 0 spiro atoms. The average Bonchev–Trinajstić information content (AvgIpc) is 3.59. The largest absolute Gasteiger partial charge is 0.135 e. The van der Waals surface area contributed by atoms with Gasteiger partial charge < -0.3 is 0 Å². The topological polar surface area (TPSA) is 0 Å². The van der Waals surface area contributed by atoms with E-state index in [1.807, 2.05) is 11.3 Å². The third-order valence-electron chi connectivity index (χ3n) is 10.8. The Bertz CT molecular complexity index is 2920. The molecular weight excluding hydrogens is 657 g/mol. The highest BCUT2D eigenvalue weighted by molar-refractivity contribution is 7.23. The second kappa shape index (κ2) is 12.7.